The minimum absolute atomic E-state index is 0.225. The van der Waals surface area contributed by atoms with E-state index in [9.17, 15) is 4.79 Å². The van der Waals surface area contributed by atoms with E-state index in [1.54, 1.807) is 0 Å². The van der Waals surface area contributed by atoms with E-state index in [-0.39, 0.29) is 6.04 Å². The van der Waals surface area contributed by atoms with Gasteiger partial charge in [-0.25, -0.2) is 0 Å². The Morgan fingerprint density at radius 1 is 1.05 bits per heavy atom. The summed E-state index contributed by atoms with van der Waals surface area (Å²) in [4.78, 5) is 14.5. The first kappa shape index (κ1) is 12.5. The van der Waals surface area contributed by atoms with Crippen molar-refractivity contribution in [3.05, 3.63) is 66.4 Å². The number of aromatic amines is 1. The molecule has 0 radical (unpaired) electrons. The van der Waals surface area contributed by atoms with Crippen LogP contribution in [0.4, 0.5) is 5.69 Å². The van der Waals surface area contributed by atoms with E-state index in [1.165, 1.54) is 5.39 Å². The molecule has 3 aromatic rings. The molecule has 0 bridgehead atoms. The van der Waals surface area contributed by atoms with Gasteiger partial charge in [0.1, 0.15) is 6.29 Å². The van der Waals surface area contributed by atoms with Gasteiger partial charge >= 0.3 is 0 Å². The Balaban J connectivity index is 1.79. The number of para-hydroxylation sites is 2. The number of benzene rings is 2. The summed E-state index contributed by atoms with van der Waals surface area (Å²) in [7, 11) is 0. The summed E-state index contributed by atoms with van der Waals surface area (Å²) in [5, 5.41) is 4.42. The molecule has 0 unspecified atom stereocenters. The highest BCUT2D eigenvalue weighted by Crippen LogP contribution is 2.19. The molecule has 0 amide bonds. The Morgan fingerprint density at radius 2 is 1.80 bits per heavy atom. The third-order valence-electron chi connectivity index (χ3n) is 3.40. The number of carbonyl (C=O) groups is 1. The summed E-state index contributed by atoms with van der Waals surface area (Å²) < 4.78 is 0. The van der Waals surface area contributed by atoms with Crippen LogP contribution in [0.25, 0.3) is 10.9 Å². The monoisotopic (exact) mass is 264 g/mol. The zero-order chi connectivity index (χ0) is 13.8. The first-order chi connectivity index (χ1) is 9.86. The Bertz CT molecular complexity index is 703. The van der Waals surface area contributed by atoms with Crippen molar-refractivity contribution in [3.8, 4) is 0 Å². The Labute approximate surface area is 117 Å². The molecule has 3 heteroatoms. The van der Waals surface area contributed by atoms with Gasteiger partial charge in [0.15, 0.2) is 0 Å². The fraction of sp³-hybridized carbons (Fsp3) is 0.118. The lowest BCUT2D eigenvalue weighted by Crippen LogP contribution is -2.23. The van der Waals surface area contributed by atoms with Gasteiger partial charge in [0.05, 0.1) is 6.04 Å². The average molecular weight is 264 g/mol. The topological polar surface area (TPSA) is 44.9 Å². The molecule has 20 heavy (non-hydrogen) atoms. The molecular formula is C17H16N2O. The van der Waals surface area contributed by atoms with Crippen molar-refractivity contribution in [1.29, 1.82) is 0 Å². The highest BCUT2D eigenvalue weighted by atomic mass is 16.1. The predicted molar refractivity (Wildman–Crippen MR) is 81.9 cm³/mol. The maximum Gasteiger partial charge on any atom is 0.142 e. The molecule has 0 saturated heterocycles. The number of aromatic nitrogens is 1. The number of nitrogens with one attached hydrogen (secondary N) is 2. The van der Waals surface area contributed by atoms with Crippen molar-refractivity contribution < 1.29 is 4.79 Å². The lowest BCUT2D eigenvalue weighted by Gasteiger charge is -2.13. The van der Waals surface area contributed by atoms with Crippen LogP contribution in [0.1, 0.15) is 5.56 Å². The first-order valence-electron chi connectivity index (χ1n) is 6.68. The number of hydrogen-bond donors (Lipinski definition) is 2. The molecule has 3 nitrogen and oxygen atoms in total. The average Bonchev–Trinajstić information content (AvgIpc) is 2.91. The number of anilines is 1. The van der Waals surface area contributed by atoms with Crippen molar-refractivity contribution >= 4 is 22.9 Å². The van der Waals surface area contributed by atoms with E-state index in [2.05, 4.69) is 16.4 Å². The van der Waals surface area contributed by atoms with Gasteiger partial charge in [-0.2, -0.15) is 0 Å². The zero-order valence-corrected chi connectivity index (χ0v) is 11.0. The van der Waals surface area contributed by atoms with Crippen LogP contribution in [0.5, 0.6) is 0 Å². The Kier molecular flexibility index (Phi) is 3.50. The van der Waals surface area contributed by atoms with E-state index in [4.69, 9.17) is 0 Å². The van der Waals surface area contributed by atoms with Crippen LogP contribution < -0.4 is 5.32 Å². The number of H-pyrrole nitrogens is 1. The third-order valence-corrected chi connectivity index (χ3v) is 3.40. The molecule has 100 valence electrons. The minimum Gasteiger partial charge on any atom is -0.375 e. The molecule has 1 heterocycles. The Morgan fingerprint density at radius 3 is 2.60 bits per heavy atom. The SMILES string of the molecule is O=C[C@H](Cc1c[nH]c2ccccc12)Nc1ccccc1. The first-order valence-corrected chi connectivity index (χ1v) is 6.68. The van der Waals surface area contributed by atoms with E-state index >= 15 is 0 Å². The molecule has 0 aliphatic heterocycles. The van der Waals surface area contributed by atoms with Crippen LogP contribution in [-0.4, -0.2) is 17.3 Å². The molecular weight excluding hydrogens is 248 g/mol. The van der Waals surface area contributed by atoms with Crippen LogP contribution in [0, 0.1) is 0 Å². The fourth-order valence-electron chi connectivity index (χ4n) is 2.42. The fourth-order valence-corrected chi connectivity index (χ4v) is 2.42. The zero-order valence-electron chi connectivity index (χ0n) is 11.0. The second-order valence-corrected chi connectivity index (χ2v) is 4.82. The van der Waals surface area contributed by atoms with Crippen LogP contribution in [0.3, 0.4) is 0 Å². The van der Waals surface area contributed by atoms with Crippen molar-refractivity contribution in [3.63, 3.8) is 0 Å². The van der Waals surface area contributed by atoms with E-state index in [1.807, 2.05) is 54.7 Å². The van der Waals surface area contributed by atoms with Crippen LogP contribution in [0.2, 0.25) is 0 Å². The van der Waals surface area contributed by atoms with Crippen LogP contribution in [0.15, 0.2) is 60.8 Å². The van der Waals surface area contributed by atoms with Gasteiger partial charge in [0.25, 0.3) is 0 Å². The van der Waals surface area contributed by atoms with Gasteiger partial charge in [0.2, 0.25) is 0 Å². The maximum atomic E-state index is 11.3. The molecule has 1 atom stereocenters. The molecule has 0 fully saturated rings. The van der Waals surface area contributed by atoms with Gasteiger partial charge in [0, 0.05) is 29.2 Å². The van der Waals surface area contributed by atoms with Gasteiger partial charge in [-0.15, -0.1) is 0 Å². The number of carbonyl (C=O) groups excluding carboxylic acids is 1. The summed E-state index contributed by atoms with van der Waals surface area (Å²) in [6.45, 7) is 0. The molecule has 0 aliphatic carbocycles. The molecule has 2 N–H and O–H groups in total. The van der Waals surface area contributed by atoms with Crippen LogP contribution >= 0.6 is 0 Å². The molecule has 2 aromatic carbocycles. The Hall–Kier alpha value is -2.55. The van der Waals surface area contributed by atoms with Crippen molar-refractivity contribution in [1.82, 2.24) is 4.98 Å². The van der Waals surface area contributed by atoms with Gasteiger partial charge in [-0.3, -0.25) is 0 Å². The highest BCUT2D eigenvalue weighted by Gasteiger charge is 2.11. The summed E-state index contributed by atoms with van der Waals surface area (Å²) in [5.74, 6) is 0. The maximum absolute atomic E-state index is 11.3. The summed E-state index contributed by atoms with van der Waals surface area (Å²) in [5.41, 5.74) is 3.22. The van der Waals surface area contributed by atoms with E-state index in [0.29, 0.717) is 6.42 Å². The summed E-state index contributed by atoms with van der Waals surface area (Å²) in [6.07, 6.45) is 3.62. The third kappa shape index (κ3) is 2.57. The van der Waals surface area contributed by atoms with E-state index in [0.717, 1.165) is 23.1 Å². The molecule has 0 spiro atoms. The second kappa shape index (κ2) is 5.61. The molecule has 0 saturated carbocycles. The predicted octanol–water partition coefficient (Wildman–Crippen LogP) is 3.39. The summed E-state index contributed by atoms with van der Waals surface area (Å²) in [6, 6.07) is 17.7. The lowest BCUT2D eigenvalue weighted by atomic mass is 10.1. The molecule has 0 aliphatic rings. The minimum atomic E-state index is -0.225. The second-order valence-electron chi connectivity index (χ2n) is 4.82. The normalized spacial score (nSPS) is 12.2. The quantitative estimate of drug-likeness (QED) is 0.694. The lowest BCUT2D eigenvalue weighted by molar-refractivity contribution is -0.108. The smallest absolute Gasteiger partial charge is 0.142 e. The van der Waals surface area contributed by atoms with Crippen LogP contribution in [-0.2, 0) is 11.2 Å². The number of fused-ring (bicyclic) bond motifs is 1. The van der Waals surface area contributed by atoms with Gasteiger partial charge in [-0.05, 0) is 23.8 Å². The van der Waals surface area contributed by atoms with Crippen molar-refractivity contribution in [2.75, 3.05) is 5.32 Å². The largest absolute Gasteiger partial charge is 0.375 e. The number of rotatable bonds is 5. The van der Waals surface area contributed by atoms with Crippen molar-refractivity contribution in [2.24, 2.45) is 0 Å². The van der Waals surface area contributed by atoms with Crippen molar-refractivity contribution in [2.45, 2.75) is 12.5 Å². The molecule has 3 rings (SSSR count). The number of hydrogen-bond acceptors (Lipinski definition) is 2. The van der Waals surface area contributed by atoms with Gasteiger partial charge < -0.3 is 15.1 Å². The highest BCUT2D eigenvalue weighted by molar-refractivity contribution is 5.83. The molecule has 1 aromatic heterocycles. The standard InChI is InChI=1S/C17H16N2O/c20-12-15(19-14-6-2-1-3-7-14)10-13-11-18-17-9-5-4-8-16(13)17/h1-9,11-12,15,18-19H,10H2/t15-/m0/s1. The van der Waals surface area contributed by atoms with E-state index < -0.39 is 0 Å². The number of aldehydes is 1. The summed E-state index contributed by atoms with van der Waals surface area (Å²) >= 11 is 0. The van der Waals surface area contributed by atoms with Gasteiger partial charge in [-0.1, -0.05) is 36.4 Å².